The number of ether oxygens (including phenoxy) is 1. The Morgan fingerprint density at radius 3 is 2.48 bits per heavy atom. The number of anilines is 1. The van der Waals surface area contributed by atoms with Crippen LogP contribution in [-0.2, 0) is 10.9 Å². The second-order valence-corrected chi connectivity index (χ2v) is 4.14. The number of esters is 1. The molecule has 5 nitrogen and oxygen atoms in total. The topological polar surface area (TPSA) is 70.1 Å². The van der Waals surface area contributed by atoms with Gasteiger partial charge in [0, 0.05) is 0 Å². The highest BCUT2D eigenvalue weighted by Gasteiger charge is 2.30. The fourth-order valence-electron chi connectivity index (χ4n) is 1.68. The van der Waals surface area contributed by atoms with E-state index in [1.54, 1.807) is 6.92 Å². The van der Waals surface area contributed by atoms with Crippen LogP contribution in [0.2, 0.25) is 0 Å². The molecule has 0 bridgehead atoms. The molecule has 0 atom stereocenters. The van der Waals surface area contributed by atoms with Gasteiger partial charge in [0.15, 0.2) is 5.69 Å². The van der Waals surface area contributed by atoms with Crippen molar-refractivity contribution in [2.24, 2.45) is 0 Å². The predicted molar refractivity (Wildman–Crippen MR) is 68.9 cm³/mol. The minimum Gasteiger partial charge on any atom is -0.461 e. The zero-order valence-corrected chi connectivity index (χ0v) is 11.0. The third kappa shape index (κ3) is 3.15. The maximum absolute atomic E-state index is 12.5. The summed E-state index contributed by atoms with van der Waals surface area (Å²) in [6.07, 6.45) is -3.06. The molecule has 112 valence electrons. The average molecular weight is 299 g/mol. The van der Waals surface area contributed by atoms with Gasteiger partial charge in [-0.05, 0) is 31.2 Å². The summed E-state index contributed by atoms with van der Waals surface area (Å²) in [4.78, 5) is 11.6. The molecule has 1 aromatic heterocycles. The number of hydrogen-bond acceptors (Lipinski definition) is 4. The minimum absolute atomic E-state index is 0.0725. The molecule has 0 aliphatic heterocycles. The van der Waals surface area contributed by atoms with Gasteiger partial charge in [-0.1, -0.05) is 0 Å². The number of carbonyl (C=O) groups is 1. The zero-order chi connectivity index (χ0) is 15.6. The van der Waals surface area contributed by atoms with Crippen molar-refractivity contribution in [3.05, 3.63) is 41.7 Å². The summed E-state index contributed by atoms with van der Waals surface area (Å²) in [6, 6.07) is 4.34. The second-order valence-electron chi connectivity index (χ2n) is 4.14. The Morgan fingerprint density at radius 1 is 1.33 bits per heavy atom. The van der Waals surface area contributed by atoms with Crippen LogP contribution in [-0.4, -0.2) is 22.4 Å². The van der Waals surface area contributed by atoms with Crippen molar-refractivity contribution in [3.8, 4) is 5.69 Å². The zero-order valence-electron chi connectivity index (χ0n) is 11.0. The molecule has 8 heteroatoms. The van der Waals surface area contributed by atoms with E-state index in [4.69, 9.17) is 10.5 Å². The molecule has 1 heterocycles. The van der Waals surface area contributed by atoms with Crippen LogP contribution in [0.3, 0.4) is 0 Å². The van der Waals surface area contributed by atoms with E-state index >= 15 is 0 Å². The molecule has 0 unspecified atom stereocenters. The summed E-state index contributed by atoms with van der Waals surface area (Å²) in [5.74, 6) is -0.680. The van der Waals surface area contributed by atoms with Crippen LogP contribution in [0.5, 0.6) is 0 Å². The maximum Gasteiger partial charge on any atom is 0.416 e. The van der Waals surface area contributed by atoms with Crippen LogP contribution < -0.4 is 5.73 Å². The molecule has 0 aliphatic rings. The van der Waals surface area contributed by atoms with E-state index < -0.39 is 17.7 Å². The van der Waals surface area contributed by atoms with Gasteiger partial charge in [-0.3, -0.25) is 0 Å². The Bertz CT molecular complexity index is 648. The van der Waals surface area contributed by atoms with Gasteiger partial charge < -0.3 is 10.5 Å². The molecule has 0 amide bonds. The summed E-state index contributed by atoms with van der Waals surface area (Å²) >= 11 is 0. The molecule has 0 saturated heterocycles. The second kappa shape index (κ2) is 5.47. The molecule has 0 saturated carbocycles. The number of halogens is 3. The SMILES string of the molecule is CCOC(=O)c1nn(-c2ccc(C(F)(F)F)cc2)cc1N. The summed E-state index contributed by atoms with van der Waals surface area (Å²) in [6.45, 7) is 1.81. The summed E-state index contributed by atoms with van der Waals surface area (Å²) in [7, 11) is 0. The molecule has 2 N–H and O–H groups in total. The third-order valence-electron chi connectivity index (χ3n) is 2.67. The monoisotopic (exact) mass is 299 g/mol. The van der Waals surface area contributed by atoms with Crippen LogP contribution in [0.1, 0.15) is 23.0 Å². The van der Waals surface area contributed by atoms with E-state index in [0.717, 1.165) is 12.1 Å². The molecule has 2 rings (SSSR count). The first-order valence-electron chi connectivity index (χ1n) is 6.03. The fraction of sp³-hybridized carbons (Fsp3) is 0.231. The van der Waals surface area contributed by atoms with Gasteiger partial charge >= 0.3 is 12.1 Å². The van der Waals surface area contributed by atoms with E-state index in [2.05, 4.69) is 5.10 Å². The molecule has 0 aliphatic carbocycles. The van der Waals surface area contributed by atoms with Crippen molar-refractivity contribution in [2.45, 2.75) is 13.1 Å². The van der Waals surface area contributed by atoms with Gasteiger partial charge in [-0.2, -0.15) is 18.3 Å². The number of carbonyl (C=O) groups excluding carboxylic acids is 1. The molecular weight excluding hydrogens is 287 g/mol. The maximum atomic E-state index is 12.5. The molecule has 0 radical (unpaired) electrons. The van der Waals surface area contributed by atoms with Gasteiger partial charge in [0.1, 0.15) is 0 Å². The van der Waals surface area contributed by atoms with E-state index in [9.17, 15) is 18.0 Å². The highest BCUT2D eigenvalue weighted by Crippen LogP contribution is 2.29. The van der Waals surface area contributed by atoms with Crippen molar-refractivity contribution < 1.29 is 22.7 Å². The van der Waals surface area contributed by atoms with E-state index in [1.807, 2.05) is 0 Å². The lowest BCUT2D eigenvalue weighted by Crippen LogP contribution is -2.08. The number of benzene rings is 1. The number of alkyl halides is 3. The molecule has 21 heavy (non-hydrogen) atoms. The summed E-state index contributed by atoms with van der Waals surface area (Å²) in [5.41, 5.74) is 5.25. The van der Waals surface area contributed by atoms with Crippen molar-refractivity contribution in [2.75, 3.05) is 12.3 Å². The van der Waals surface area contributed by atoms with Crippen LogP contribution in [0.25, 0.3) is 5.69 Å². The number of nitrogens with two attached hydrogens (primary N) is 1. The average Bonchev–Trinajstić information content (AvgIpc) is 2.80. The summed E-state index contributed by atoms with van der Waals surface area (Å²) < 4.78 is 43.4. The number of rotatable bonds is 3. The molecular formula is C13H12F3N3O2. The van der Waals surface area contributed by atoms with E-state index in [-0.39, 0.29) is 18.0 Å². The smallest absolute Gasteiger partial charge is 0.416 e. The van der Waals surface area contributed by atoms with Crippen molar-refractivity contribution in [1.82, 2.24) is 9.78 Å². The number of nitrogens with zero attached hydrogens (tertiary/aromatic N) is 2. The lowest BCUT2D eigenvalue weighted by Gasteiger charge is -2.07. The summed E-state index contributed by atoms with van der Waals surface area (Å²) in [5, 5.41) is 3.93. The Hall–Kier alpha value is -2.51. The number of hydrogen-bond donors (Lipinski definition) is 1. The van der Waals surface area contributed by atoms with E-state index in [1.165, 1.54) is 23.0 Å². The highest BCUT2D eigenvalue weighted by atomic mass is 19.4. The standard InChI is InChI=1S/C13H12F3N3O2/c1-2-21-12(20)11-10(17)7-19(18-11)9-5-3-8(4-6-9)13(14,15)16/h3-7H,2,17H2,1H3. The Morgan fingerprint density at radius 2 is 1.95 bits per heavy atom. The van der Waals surface area contributed by atoms with Gasteiger partial charge in [-0.25, -0.2) is 9.48 Å². The fourth-order valence-corrected chi connectivity index (χ4v) is 1.68. The van der Waals surface area contributed by atoms with Gasteiger partial charge in [-0.15, -0.1) is 0 Å². The van der Waals surface area contributed by atoms with Gasteiger partial charge in [0.05, 0.1) is 29.7 Å². The van der Waals surface area contributed by atoms with Crippen LogP contribution in [0, 0.1) is 0 Å². The van der Waals surface area contributed by atoms with Gasteiger partial charge in [0.2, 0.25) is 0 Å². The molecule has 0 spiro atoms. The largest absolute Gasteiger partial charge is 0.461 e. The Labute approximate surface area is 118 Å². The van der Waals surface area contributed by atoms with Crippen molar-refractivity contribution >= 4 is 11.7 Å². The number of aromatic nitrogens is 2. The Balaban J connectivity index is 2.31. The first-order valence-corrected chi connectivity index (χ1v) is 6.03. The third-order valence-corrected chi connectivity index (χ3v) is 2.67. The Kier molecular flexibility index (Phi) is 3.88. The lowest BCUT2D eigenvalue weighted by atomic mass is 10.2. The molecule has 1 aromatic carbocycles. The van der Waals surface area contributed by atoms with Crippen LogP contribution in [0.15, 0.2) is 30.5 Å². The first-order chi connectivity index (χ1) is 9.82. The lowest BCUT2D eigenvalue weighted by molar-refractivity contribution is -0.137. The minimum atomic E-state index is -4.40. The molecule has 2 aromatic rings. The van der Waals surface area contributed by atoms with Crippen LogP contribution >= 0.6 is 0 Å². The predicted octanol–water partition coefficient (Wildman–Crippen LogP) is 2.65. The number of nitrogen functional groups attached to an aromatic ring is 1. The normalized spacial score (nSPS) is 11.4. The van der Waals surface area contributed by atoms with Crippen LogP contribution in [0.4, 0.5) is 18.9 Å². The van der Waals surface area contributed by atoms with Crippen molar-refractivity contribution in [1.29, 1.82) is 0 Å². The highest BCUT2D eigenvalue weighted by molar-refractivity contribution is 5.92. The van der Waals surface area contributed by atoms with Crippen molar-refractivity contribution in [3.63, 3.8) is 0 Å². The quantitative estimate of drug-likeness (QED) is 0.885. The van der Waals surface area contributed by atoms with E-state index in [0.29, 0.717) is 5.69 Å². The van der Waals surface area contributed by atoms with Gasteiger partial charge in [0.25, 0.3) is 0 Å². The molecule has 0 fully saturated rings. The first kappa shape index (κ1) is 14.9.